The van der Waals surface area contributed by atoms with Gasteiger partial charge < -0.3 is 13.7 Å². The maximum Gasteiger partial charge on any atom is 0.102 e. The van der Waals surface area contributed by atoms with Crippen LogP contribution in [0.1, 0.15) is 11.1 Å². The van der Waals surface area contributed by atoms with Gasteiger partial charge in [0.2, 0.25) is 0 Å². The molecule has 0 atom stereocenters. The topological polar surface area (TPSA) is 62.4 Å². The number of nitrogens with zero attached hydrogens (tertiary/aromatic N) is 5. The Bertz CT molecular complexity index is 3420. The zero-order valence-corrected chi connectivity index (χ0v) is 29.5. The van der Waals surface area contributed by atoms with E-state index in [2.05, 4.69) is 153 Å². The highest BCUT2D eigenvalue weighted by Gasteiger charge is 2.21. The summed E-state index contributed by atoms with van der Waals surface area (Å²) in [6.07, 6.45) is 0. The summed E-state index contributed by atoms with van der Waals surface area (Å²) in [6, 6.07) is 65.9. The van der Waals surface area contributed by atoms with Gasteiger partial charge in [-0.05, 0) is 72.3 Å². The number of fused-ring (bicyclic) bond motifs is 9. The van der Waals surface area contributed by atoms with Crippen molar-refractivity contribution in [2.75, 3.05) is 0 Å². The summed E-state index contributed by atoms with van der Waals surface area (Å²) < 4.78 is 6.77. The summed E-state index contributed by atoms with van der Waals surface area (Å²) in [4.78, 5) is 0. The van der Waals surface area contributed by atoms with Gasteiger partial charge in [0.1, 0.15) is 12.1 Å². The molecule has 0 aliphatic carbocycles. The highest BCUT2D eigenvalue weighted by molar-refractivity contribution is 6.13. The van der Waals surface area contributed by atoms with E-state index in [0.29, 0.717) is 11.1 Å². The molecule has 0 amide bonds. The quantitative estimate of drug-likeness (QED) is 0.184. The van der Waals surface area contributed by atoms with Crippen LogP contribution in [0.25, 0.3) is 93.6 Å². The van der Waals surface area contributed by atoms with Gasteiger partial charge in [0, 0.05) is 49.3 Å². The Morgan fingerprint density at radius 1 is 0.364 bits per heavy atom. The van der Waals surface area contributed by atoms with Crippen LogP contribution >= 0.6 is 0 Å². The van der Waals surface area contributed by atoms with E-state index >= 15 is 0 Å². The summed E-state index contributed by atoms with van der Waals surface area (Å²) in [5, 5.41) is 27.9. The van der Waals surface area contributed by atoms with Gasteiger partial charge in [0.15, 0.2) is 0 Å². The van der Waals surface area contributed by atoms with Gasteiger partial charge in [-0.2, -0.15) is 10.5 Å². The summed E-state index contributed by atoms with van der Waals surface area (Å²) in [6.45, 7) is 0. The van der Waals surface area contributed by atoms with E-state index in [0.717, 1.165) is 61.0 Å². The predicted octanol–water partition coefficient (Wildman–Crippen LogP) is 12.4. The van der Waals surface area contributed by atoms with E-state index in [-0.39, 0.29) is 0 Å². The van der Waals surface area contributed by atoms with Gasteiger partial charge in [0.25, 0.3) is 0 Å². The van der Waals surface area contributed by atoms with Crippen LogP contribution in [0.2, 0.25) is 0 Å². The summed E-state index contributed by atoms with van der Waals surface area (Å²) in [7, 11) is 0. The molecule has 8 aromatic carbocycles. The van der Waals surface area contributed by atoms with Gasteiger partial charge >= 0.3 is 0 Å². The van der Waals surface area contributed by atoms with E-state index in [1.807, 2.05) is 48.5 Å². The third-order valence-corrected chi connectivity index (χ3v) is 11.1. The summed E-state index contributed by atoms with van der Waals surface area (Å²) >= 11 is 0. The van der Waals surface area contributed by atoms with Crippen molar-refractivity contribution < 1.29 is 0 Å². The van der Waals surface area contributed by atoms with Crippen molar-refractivity contribution in [3.63, 3.8) is 0 Å². The fraction of sp³-hybridized carbons (Fsp3) is 0. The van der Waals surface area contributed by atoms with Crippen LogP contribution in [0.4, 0.5) is 0 Å². The average molecular weight is 700 g/mol. The minimum absolute atomic E-state index is 0.549. The van der Waals surface area contributed by atoms with Crippen LogP contribution in [0.15, 0.2) is 176 Å². The largest absolute Gasteiger partial charge is 0.309 e. The zero-order chi connectivity index (χ0) is 36.6. The van der Waals surface area contributed by atoms with Gasteiger partial charge in [-0.3, -0.25) is 0 Å². The zero-order valence-electron chi connectivity index (χ0n) is 29.5. The Balaban J connectivity index is 1.11. The molecule has 0 saturated carbocycles. The molecule has 5 heteroatoms. The van der Waals surface area contributed by atoms with Crippen molar-refractivity contribution in [2.45, 2.75) is 0 Å². The normalized spacial score (nSPS) is 11.6. The molecule has 0 aliphatic heterocycles. The van der Waals surface area contributed by atoms with E-state index < -0.39 is 0 Å². The van der Waals surface area contributed by atoms with Gasteiger partial charge in [-0.15, -0.1) is 0 Å². The number of nitriles is 2. The lowest BCUT2D eigenvalue weighted by atomic mass is 9.98. The number of aromatic nitrogens is 3. The number of benzene rings is 8. The van der Waals surface area contributed by atoms with E-state index in [9.17, 15) is 10.5 Å². The lowest BCUT2D eigenvalue weighted by molar-refractivity contribution is 1.16. The first-order valence-electron chi connectivity index (χ1n) is 18.3. The monoisotopic (exact) mass is 699 g/mol. The Morgan fingerprint density at radius 2 is 0.873 bits per heavy atom. The molecule has 254 valence electrons. The fourth-order valence-corrected chi connectivity index (χ4v) is 8.83. The first-order valence-corrected chi connectivity index (χ1v) is 18.3. The Hall–Kier alpha value is -7.86. The molecule has 0 unspecified atom stereocenters. The van der Waals surface area contributed by atoms with E-state index in [1.165, 1.54) is 32.6 Å². The van der Waals surface area contributed by atoms with Crippen molar-refractivity contribution in [1.29, 1.82) is 10.5 Å². The highest BCUT2D eigenvalue weighted by Crippen LogP contribution is 2.40. The van der Waals surface area contributed by atoms with Gasteiger partial charge in [-0.1, -0.05) is 109 Å². The second-order valence-electron chi connectivity index (χ2n) is 14.0. The van der Waals surface area contributed by atoms with Crippen LogP contribution in [0.3, 0.4) is 0 Å². The number of hydrogen-bond acceptors (Lipinski definition) is 2. The number of rotatable bonds is 4. The first-order chi connectivity index (χ1) is 27.2. The maximum absolute atomic E-state index is 10.9. The molecular weight excluding hydrogens is 671 g/mol. The van der Waals surface area contributed by atoms with Crippen molar-refractivity contribution in [3.8, 4) is 40.3 Å². The van der Waals surface area contributed by atoms with Crippen molar-refractivity contribution in [3.05, 3.63) is 187 Å². The van der Waals surface area contributed by atoms with Crippen molar-refractivity contribution >= 4 is 65.4 Å². The minimum atomic E-state index is 0.549. The number of para-hydroxylation sites is 5. The molecule has 0 aliphatic rings. The van der Waals surface area contributed by atoms with E-state index in [4.69, 9.17) is 0 Å². The number of hydrogen-bond donors (Lipinski definition) is 0. The molecule has 0 bridgehead atoms. The molecule has 3 aromatic heterocycles. The smallest absolute Gasteiger partial charge is 0.102 e. The van der Waals surface area contributed by atoms with Crippen LogP contribution in [-0.2, 0) is 0 Å². The van der Waals surface area contributed by atoms with E-state index in [1.54, 1.807) is 0 Å². The van der Waals surface area contributed by atoms with Gasteiger partial charge in [-0.25, -0.2) is 0 Å². The third kappa shape index (κ3) is 4.39. The highest BCUT2D eigenvalue weighted by atomic mass is 15.0. The summed E-state index contributed by atoms with van der Waals surface area (Å²) in [5.41, 5.74) is 12.1. The molecule has 0 N–H and O–H groups in total. The molecule has 0 spiro atoms. The Morgan fingerprint density at radius 3 is 1.51 bits per heavy atom. The van der Waals surface area contributed by atoms with Crippen molar-refractivity contribution in [1.82, 2.24) is 13.7 Å². The van der Waals surface area contributed by atoms with Crippen LogP contribution in [0.5, 0.6) is 0 Å². The molecule has 5 nitrogen and oxygen atoms in total. The molecule has 55 heavy (non-hydrogen) atoms. The Kier molecular flexibility index (Phi) is 6.61. The molecule has 0 saturated heterocycles. The fourth-order valence-electron chi connectivity index (χ4n) is 8.83. The molecule has 11 rings (SSSR count). The third-order valence-electron chi connectivity index (χ3n) is 11.1. The molecule has 11 aromatic rings. The average Bonchev–Trinajstić information content (AvgIpc) is 3.89. The van der Waals surface area contributed by atoms with Crippen molar-refractivity contribution in [2.24, 2.45) is 0 Å². The molecule has 3 heterocycles. The lowest BCUT2D eigenvalue weighted by Gasteiger charge is -2.15. The predicted molar refractivity (Wildman–Crippen MR) is 224 cm³/mol. The second-order valence-corrected chi connectivity index (χ2v) is 14.0. The molecular formula is C50H29N5. The summed E-state index contributed by atoms with van der Waals surface area (Å²) in [5.74, 6) is 0. The van der Waals surface area contributed by atoms with Crippen LogP contribution in [-0.4, -0.2) is 13.7 Å². The van der Waals surface area contributed by atoms with Crippen LogP contribution < -0.4 is 0 Å². The standard InChI is InChI=1S/C50H29N5/c51-30-33-13-10-20-41-39-17-3-8-24-47(39)55(50(33)41)48-25-11-19-36(43(48)31-52)32-12-9-14-34(28-32)53-46-23-7-4-18-40(46)42-29-35(26-27-49(42)53)54-44-21-5-1-15-37(44)38-16-2-6-22-45(38)54/h1-29H. The first kappa shape index (κ1) is 30.7. The molecule has 0 radical (unpaired) electrons. The van der Waals surface area contributed by atoms with Crippen LogP contribution in [0, 0.1) is 22.7 Å². The maximum atomic E-state index is 10.9. The lowest BCUT2D eigenvalue weighted by Crippen LogP contribution is -2.01. The Labute approximate surface area is 316 Å². The molecule has 0 fully saturated rings. The SMILES string of the molecule is N#Cc1c(-c2cccc(-n3c4ccccc4c4cc(-n5c6ccccc6c6ccccc65)ccc43)c2)cccc1-n1c2ccccc2c2cccc(C#N)c21. The second kappa shape index (κ2) is 11.8. The minimum Gasteiger partial charge on any atom is -0.309 e. The van der Waals surface area contributed by atoms with Gasteiger partial charge in [0.05, 0.1) is 49.9 Å².